The van der Waals surface area contributed by atoms with Gasteiger partial charge in [0.25, 0.3) is 0 Å². The number of hydrogen-bond acceptors (Lipinski definition) is 2. The molecule has 0 saturated carbocycles. The van der Waals surface area contributed by atoms with Gasteiger partial charge in [0.05, 0.1) is 10.7 Å². The van der Waals surface area contributed by atoms with E-state index < -0.39 is 0 Å². The largest absolute Gasteiger partial charge is 0.384 e. The van der Waals surface area contributed by atoms with Crippen LogP contribution in [0.3, 0.4) is 0 Å². The molecule has 0 heterocycles. The van der Waals surface area contributed by atoms with Crippen LogP contribution >= 0.6 is 27.5 Å². The minimum atomic E-state index is -0.0606. The fraction of sp³-hybridized carbons (Fsp3) is 0.417. The van der Waals surface area contributed by atoms with Gasteiger partial charge in [-0.25, -0.2) is 0 Å². The topological polar surface area (TPSA) is 38.3 Å². The van der Waals surface area contributed by atoms with E-state index in [-0.39, 0.29) is 11.8 Å². The Morgan fingerprint density at radius 1 is 1.59 bits per heavy atom. The maximum atomic E-state index is 11.7. The number of nitrogens with one attached hydrogen (secondary N) is 1. The van der Waals surface area contributed by atoms with E-state index in [2.05, 4.69) is 21.2 Å². The zero-order chi connectivity index (χ0) is 12.8. The Balaban J connectivity index is 2.58. The first-order valence-electron chi connectivity index (χ1n) is 5.26. The standard InChI is InChI=1S/C12H15BrClNO2/c1-8(7-17-2)5-12(16)15-11-6-9(13)3-4-10(11)14/h3-4,6,8H,5,7H2,1-2H3,(H,15,16). The van der Waals surface area contributed by atoms with E-state index in [0.717, 1.165) is 4.47 Å². The summed E-state index contributed by atoms with van der Waals surface area (Å²) in [4.78, 5) is 11.7. The first-order chi connectivity index (χ1) is 8.02. The van der Waals surface area contributed by atoms with Crippen molar-refractivity contribution >= 4 is 39.1 Å². The third-order valence-corrected chi connectivity index (χ3v) is 3.01. The number of methoxy groups -OCH3 is 1. The summed E-state index contributed by atoms with van der Waals surface area (Å²) in [5, 5.41) is 3.31. The zero-order valence-electron chi connectivity index (χ0n) is 9.80. The van der Waals surface area contributed by atoms with Gasteiger partial charge >= 0.3 is 0 Å². The number of hydrogen-bond donors (Lipinski definition) is 1. The van der Waals surface area contributed by atoms with Crippen LogP contribution in [0.5, 0.6) is 0 Å². The third-order valence-electron chi connectivity index (χ3n) is 2.19. The number of carbonyl (C=O) groups excluding carboxylic acids is 1. The van der Waals surface area contributed by atoms with Crippen LogP contribution in [0.25, 0.3) is 0 Å². The monoisotopic (exact) mass is 319 g/mol. The molecule has 0 radical (unpaired) electrons. The van der Waals surface area contributed by atoms with Crippen molar-refractivity contribution in [3.63, 3.8) is 0 Å². The third kappa shape index (κ3) is 5.06. The maximum Gasteiger partial charge on any atom is 0.224 e. The van der Waals surface area contributed by atoms with Crippen molar-refractivity contribution in [1.29, 1.82) is 0 Å². The second-order valence-electron chi connectivity index (χ2n) is 3.94. The Labute approximate surface area is 115 Å². The second kappa shape index (κ2) is 6.99. The molecule has 0 fully saturated rings. The Bertz CT molecular complexity index is 398. The highest BCUT2D eigenvalue weighted by atomic mass is 79.9. The molecule has 1 rings (SSSR count). The molecule has 1 aromatic rings. The molecule has 0 bridgehead atoms. The van der Waals surface area contributed by atoms with Crippen molar-refractivity contribution in [2.75, 3.05) is 19.0 Å². The minimum Gasteiger partial charge on any atom is -0.384 e. The summed E-state index contributed by atoms with van der Waals surface area (Å²) >= 11 is 9.31. The molecule has 1 N–H and O–H groups in total. The number of amides is 1. The van der Waals surface area contributed by atoms with E-state index in [9.17, 15) is 4.79 Å². The van der Waals surface area contributed by atoms with Gasteiger partial charge in [0.15, 0.2) is 0 Å². The lowest BCUT2D eigenvalue weighted by Crippen LogP contribution is -2.17. The van der Waals surface area contributed by atoms with Gasteiger partial charge in [-0.15, -0.1) is 0 Å². The summed E-state index contributed by atoms with van der Waals surface area (Å²) in [6.07, 6.45) is 0.413. The Kier molecular flexibility index (Phi) is 5.95. The van der Waals surface area contributed by atoms with Crippen LogP contribution in [0.4, 0.5) is 5.69 Å². The van der Waals surface area contributed by atoms with E-state index in [1.165, 1.54) is 0 Å². The summed E-state index contributed by atoms with van der Waals surface area (Å²) in [7, 11) is 1.62. The van der Waals surface area contributed by atoms with Gasteiger partial charge in [0, 0.05) is 24.6 Å². The maximum absolute atomic E-state index is 11.7. The zero-order valence-corrected chi connectivity index (χ0v) is 12.1. The summed E-state index contributed by atoms with van der Waals surface area (Å²) in [6, 6.07) is 5.34. The van der Waals surface area contributed by atoms with E-state index in [4.69, 9.17) is 16.3 Å². The van der Waals surface area contributed by atoms with Crippen LogP contribution in [0, 0.1) is 5.92 Å². The van der Waals surface area contributed by atoms with Crippen molar-refractivity contribution in [3.8, 4) is 0 Å². The molecule has 1 aromatic carbocycles. The van der Waals surface area contributed by atoms with Crippen LogP contribution in [-0.2, 0) is 9.53 Å². The highest BCUT2D eigenvalue weighted by Crippen LogP contribution is 2.25. The van der Waals surface area contributed by atoms with Crippen LogP contribution in [0.2, 0.25) is 5.02 Å². The number of halogens is 2. The average Bonchev–Trinajstić information content (AvgIpc) is 2.23. The van der Waals surface area contributed by atoms with Crippen molar-refractivity contribution < 1.29 is 9.53 Å². The van der Waals surface area contributed by atoms with E-state index in [0.29, 0.717) is 23.7 Å². The molecule has 1 atom stereocenters. The quantitative estimate of drug-likeness (QED) is 0.898. The number of carbonyl (C=O) groups is 1. The van der Waals surface area contributed by atoms with E-state index in [1.54, 1.807) is 19.2 Å². The molecule has 0 aliphatic carbocycles. The molecular weight excluding hydrogens is 305 g/mol. The van der Waals surface area contributed by atoms with Gasteiger partial charge in [-0.05, 0) is 24.1 Å². The molecule has 17 heavy (non-hydrogen) atoms. The summed E-state index contributed by atoms with van der Waals surface area (Å²) in [6.45, 7) is 2.53. The van der Waals surface area contributed by atoms with Crippen LogP contribution in [0.15, 0.2) is 22.7 Å². The van der Waals surface area contributed by atoms with Crippen molar-refractivity contribution in [1.82, 2.24) is 0 Å². The van der Waals surface area contributed by atoms with Crippen molar-refractivity contribution in [3.05, 3.63) is 27.7 Å². The van der Waals surface area contributed by atoms with Gasteiger partial charge in [-0.2, -0.15) is 0 Å². The first-order valence-corrected chi connectivity index (χ1v) is 6.44. The predicted molar refractivity (Wildman–Crippen MR) is 73.4 cm³/mol. The van der Waals surface area contributed by atoms with Gasteiger partial charge in [-0.1, -0.05) is 34.5 Å². The van der Waals surface area contributed by atoms with Crippen LogP contribution in [0.1, 0.15) is 13.3 Å². The average molecular weight is 321 g/mol. The van der Waals surface area contributed by atoms with E-state index in [1.807, 2.05) is 13.0 Å². The summed E-state index contributed by atoms with van der Waals surface area (Å²) in [5.41, 5.74) is 0.621. The highest BCUT2D eigenvalue weighted by Gasteiger charge is 2.10. The van der Waals surface area contributed by atoms with Crippen LogP contribution in [-0.4, -0.2) is 19.6 Å². The number of benzene rings is 1. The minimum absolute atomic E-state index is 0.0606. The molecule has 0 saturated heterocycles. The van der Waals surface area contributed by atoms with Gasteiger partial charge in [0.1, 0.15) is 0 Å². The van der Waals surface area contributed by atoms with Crippen molar-refractivity contribution in [2.24, 2.45) is 5.92 Å². The lowest BCUT2D eigenvalue weighted by Gasteiger charge is -2.11. The Morgan fingerprint density at radius 3 is 2.94 bits per heavy atom. The fourth-order valence-electron chi connectivity index (χ4n) is 1.45. The molecule has 0 aliphatic heterocycles. The molecule has 5 heteroatoms. The van der Waals surface area contributed by atoms with Crippen LogP contribution < -0.4 is 5.32 Å². The first kappa shape index (κ1) is 14.5. The number of ether oxygens (including phenoxy) is 1. The second-order valence-corrected chi connectivity index (χ2v) is 5.26. The molecule has 94 valence electrons. The number of rotatable bonds is 5. The lowest BCUT2D eigenvalue weighted by molar-refractivity contribution is -0.117. The Hall–Kier alpha value is -0.580. The fourth-order valence-corrected chi connectivity index (χ4v) is 1.98. The molecule has 0 spiro atoms. The smallest absolute Gasteiger partial charge is 0.224 e. The van der Waals surface area contributed by atoms with Crippen molar-refractivity contribution in [2.45, 2.75) is 13.3 Å². The van der Waals surface area contributed by atoms with E-state index >= 15 is 0 Å². The van der Waals surface area contributed by atoms with Gasteiger partial charge in [0.2, 0.25) is 5.91 Å². The van der Waals surface area contributed by atoms with Gasteiger partial charge < -0.3 is 10.1 Å². The summed E-state index contributed by atoms with van der Waals surface area (Å²) in [5.74, 6) is 0.125. The highest BCUT2D eigenvalue weighted by molar-refractivity contribution is 9.10. The SMILES string of the molecule is COCC(C)CC(=O)Nc1cc(Br)ccc1Cl. The molecule has 1 amide bonds. The lowest BCUT2D eigenvalue weighted by atomic mass is 10.1. The molecular formula is C12H15BrClNO2. The molecule has 0 aliphatic rings. The Morgan fingerprint density at radius 2 is 2.29 bits per heavy atom. The molecule has 1 unspecified atom stereocenters. The molecule has 0 aromatic heterocycles. The summed E-state index contributed by atoms with van der Waals surface area (Å²) < 4.78 is 5.86. The predicted octanol–water partition coefficient (Wildman–Crippen LogP) is 3.71. The normalized spacial score (nSPS) is 12.2. The van der Waals surface area contributed by atoms with Gasteiger partial charge in [-0.3, -0.25) is 4.79 Å². The molecule has 3 nitrogen and oxygen atoms in total. The number of anilines is 1.